The van der Waals surface area contributed by atoms with Crippen molar-refractivity contribution < 1.29 is 0 Å². The van der Waals surface area contributed by atoms with Crippen LogP contribution in [0, 0.1) is 5.92 Å². The highest BCUT2D eigenvalue weighted by Gasteiger charge is 2.28. The van der Waals surface area contributed by atoms with E-state index >= 15 is 0 Å². The van der Waals surface area contributed by atoms with Crippen LogP contribution in [0.5, 0.6) is 0 Å². The summed E-state index contributed by atoms with van der Waals surface area (Å²) in [6, 6.07) is 12.7. The van der Waals surface area contributed by atoms with Crippen LogP contribution in [0.1, 0.15) is 25.0 Å². The third-order valence-electron chi connectivity index (χ3n) is 3.68. The van der Waals surface area contributed by atoms with Crippen molar-refractivity contribution in [3.63, 3.8) is 0 Å². The molecule has 3 heteroatoms. The zero-order valence-corrected chi connectivity index (χ0v) is 10.5. The molecule has 2 N–H and O–H groups in total. The monoisotopic (exact) mass is 241 g/mol. The van der Waals surface area contributed by atoms with E-state index in [0.29, 0.717) is 6.04 Å². The Labute approximate surface area is 108 Å². The van der Waals surface area contributed by atoms with Crippen LogP contribution in [-0.2, 0) is 6.42 Å². The Bertz CT molecular complexity index is 499. The summed E-state index contributed by atoms with van der Waals surface area (Å²) in [6.45, 7) is 0. The maximum Gasteiger partial charge on any atom is 0.0648 e. The number of rotatable bonds is 5. The second kappa shape index (κ2) is 4.94. The van der Waals surface area contributed by atoms with Crippen LogP contribution in [0.25, 0.3) is 5.69 Å². The van der Waals surface area contributed by atoms with E-state index in [1.807, 2.05) is 29.1 Å². The summed E-state index contributed by atoms with van der Waals surface area (Å²) in [7, 11) is 0. The largest absolute Gasteiger partial charge is 0.327 e. The highest BCUT2D eigenvalue weighted by molar-refractivity contribution is 5.32. The average molecular weight is 241 g/mol. The quantitative estimate of drug-likeness (QED) is 0.874. The second-order valence-corrected chi connectivity index (χ2v) is 5.11. The van der Waals surface area contributed by atoms with Crippen molar-refractivity contribution in [3.8, 4) is 5.69 Å². The zero-order chi connectivity index (χ0) is 12.4. The molecule has 1 fully saturated rings. The smallest absolute Gasteiger partial charge is 0.0648 e. The van der Waals surface area contributed by atoms with Gasteiger partial charge >= 0.3 is 0 Å². The zero-order valence-electron chi connectivity index (χ0n) is 10.5. The van der Waals surface area contributed by atoms with Crippen LogP contribution in [0.15, 0.2) is 42.6 Å². The molecule has 0 spiro atoms. The molecule has 18 heavy (non-hydrogen) atoms. The molecule has 0 bridgehead atoms. The van der Waals surface area contributed by atoms with Gasteiger partial charge in [0.05, 0.1) is 5.69 Å². The summed E-state index contributed by atoms with van der Waals surface area (Å²) in [5, 5.41) is 4.40. The molecule has 1 unspecified atom stereocenters. The molecule has 2 aromatic rings. The molecule has 1 aliphatic carbocycles. The van der Waals surface area contributed by atoms with Gasteiger partial charge in [0.1, 0.15) is 0 Å². The van der Waals surface area contributed by atoms with Gasteiger partial charge in [-0.1, -0.05) is 18.2 Å². The van der Waals surface area contributed by atoms with Gasteiger partial charge in [-0.05, 0) is 49.8 Å². The van der Waals surface area contributed by atoms with E-state index < -0.39 is 0 Å². The third-order valence-corrected chi connectivity index (χ3v) is 3.68. The van der Waals surface area contributed by atoms with Crippen molar-refractivity contribution in [2.75, 3.05) is 0 Å². The Morgan fingerprint density at radius 1 is 1.22 bits per heavy atom. The molecule has 1 heterocycles. The molecule has 0 radical (unpaired) electrons. The molecular weight excluding hydrogens is 222 g/mol. The number of hydrogen-bond acceptors (Lipinski definition) is 2. The van der Waals surface area contributed by atoms with Crippen LogP contribution in [0.2, 0.25) is 0 Å². The fraction of sp³-hybridized carbons (Fsp3) is 0.400. The highest BCUT2D eigenvalue weighted by atomic mass is 15.3. The predicted molar refractivity (Wildman–Crippen MR) is 72.6 cm³/mol. The van der Waals surface area contributed by atoms with Gasteiger partial charge in [0, 0.05) is 17.9 Å². The SMILES string of the molecule is NC(CCc1ccnn1-c1ccccc1)C1CC1. The lowest BCUT2D eigenvalue weighted by Crippen LogP contribution is -2.23. The molecule has 94 valence electrons. The molecule has 1 atom stereocenters. The van der Waals surface area contributed by atoms with Crippen molar-refractivity contribution >= 4 is 0 Å². The number of nitrogens with two attached hydrogens (primary N) is 1. The van der Waals surface area contributed by atoms with E-state index in [-0.39, 0.29) is 0 Å². The minimum absolute atomic E-state index is 0.365. The third kappa shape index (κ3) is 2.46. The van der Waals surface area contributed by atoms with Gasteiger partial charge in [-0.2, -0.15) is 5.10 Å². The Kier molecular flexibility index (Phi) is 3.15. The van der Waals surface area contributed by atoms with E-state index in [1.54, 1.807) is 0 Å². The van der Waals surface area contributed by atoms with Gasteiger partial charge in [0.25, 0.3) is 0 Å². The van der Waals surface area contributed by atoms with Crippen molar-refractivity contribution in [1.82, 2.24) is 9.78 Å². The van der Waals surface area contributed by atoms with Crippen LogP contribution in [-0.4, -0.2) is 15.8 Å². The summed E-state index contributed by atoms with van der Waals surface area (Å²) < 4.78 is 2.01. The first-order valence-corrected chi connectivity index (χ1v) is 6.68. The number of benzene rings is 1. The van der Waals surface area contributed by atoms with Crippen LogP contribution < -0.4 is 5.73 Å². The molecule has 0 amide bonds. The van der Waals surface area contributed by atoms with Gasteiger partial charge in [-0.25, -0.2) is 4.68 Å². The Morgan fingerprint density at radius 3 is 2.72 bits per heavy atom. The van der Waals surface area contributed by atoms with E-state index in [4.69, 9.17) is 5.73 Å². The number of aromatic nitrogens is 2. The van der Waals surface area contributed by atoms with Crippen molar-refractivity contribution in [3.05, 3.63) is 48.3 Å². The summed E-state index contributed by atoms with van der Waals surface area (Å²) in [5.41, 5.74) is 8.52. The Morgan fingerprint density at radius 2 is 2.00 bits per heavy atom. The minimum Gasteiger partial charge on any atom is -0.327 e. The summed E-state index contributed by atoms with van der Waals surface area (Å²) >= 11 is 0. The van der Waals surface area contributed by atoms with Gasteiger partial charge in [0.2, 0.25) is 0 Å². The maximum absolute atomic E-state index is 6.15. The van der Waals surface area contributed by atoms with Crippen LogP contribution >= 0.6 is 0 Å². The first-order valence-electron chi connectivity index (χ1n) is 6.68. The second-order valence-electron chi connectivity index (χ2n) is 5.11. The van der Waals surface area contributed by atoms with Gasteiger partial charge in [0.15, 0.2) is 0 Å². The molecular formula is C15H19N3. The number of nitrogens with zero attached hydrogens (tertiary/aromatic N) is 2. The van der Waals surface area contributed by atoms with Crippen molar-refractivity contribution in [1.29, 1.82) is 0 Å². The van der Waals surface area contributed by atoms with Gasteiger partial charge < -0.3 is 5.73 Å². The topological polar surface area (TPSA) is 43.8 Å². The van der Waals surface area contributed by atoms with E-state index in [2.05, 4.69) is 23.3 Å². The normalized spacial score (nSPS) is 16.7. The number of aryl methyl sites for hydroxylation is 1. The molecule has 0 aliphatic heterocycles. The summed E-state index contributed by atoms with van der Waals surface area (Å²) in [5.74, 6) is 0.776. The minimum atomic E-state index is 0.365. The molecule has 3 rings (SSSR count). The standard InChI is InChI=1S/C15H19N3/c16-15(12-6-7-12)9-8-14-10-11-17-18(14)13-4-2-1-3-5-13/h1-5,10-12,15H,6-9,16H2. The lowest BCUT2D eigenvalue weighted by Gasteiger charge is -2.11. The summed E-state index contributed by atoms with van der Waals surface area (Å²) in [6.07, 6.45) is 6.57. The Hall–Kier alpha value is -1.61. The first kappa shape index (κ1) is 11.5. The van der Waals surface area contributed by atoms with Crippen LogP contribution in [0.4, 0.5) is 0 Å². The molecule has 0 saturated heterocycles. The van der Waals surface area contributed by atoms with E-state index in [0.717, 1.165) is 24.4 Å². The van der Waals surface area contributed by atoms with Crippen molar-refractivity contribution in [2.24, 2.45) is 11.7 Å². The average Bonchev–Trinajstić information content (AvgIpc) is 3.16. The van der Waals surface area contributed by atoms with Crippen molar-refractivity contribution in [2.45, 2.75) is 31.7 Å². The van der Waals surface area contributed by atoms with Gasteiger partial charge in [-0.3, -0.25) is 0 Å². The molecule has 1 aliphatic rings. The first-order chi connectivity index (χ1) is 8.84. The fourth-order valence-corrected chi connectivity index (χ4v) is 2.40. The van der Waals surface area contributed by atoms with E-state index in [1.165, 1.54) is 18.5 Å². The molecule has 3 nitrogen and oxygen atoms in total. The van der Waals surface area contributed by atoms with E-state index in [9.17, 15) is 0 Å². The molecule has 1 aromatic carbocycles. The lowest BCUT2D eigenvalue weighted by atomic mass is 10.1. The predicted octanol–water partition coefficient (Wildman–Crippen LogP) is 2.54. The summed E-state index contributed by atoms with van der Waals surface area (Å²) in [4.78, 5) is 0. The number of para-hydroxylation sites is 1. The highest BCUT2D eigenvalue weighted by Crippen LogP contribution is 2.33. The van der Waals surface area contributed by atoms with Crippen LogP contribution in [0.3, 0.4) is 0 Å². The molecule has 1 saturated carbocycles. The molecule has 1 aromatic heterocycles. The Balaban J connectivity index is 1.71. The fourth-order valence-electron chi connectivity index (χ4n) is 2.40. The maximum atomic E-state index is 6.15. The number of hydrogen-bond donors (Lipinski definition) is 1. The van der Waals surface area contributed by atoms with Gasteiger partial charge in [-0.15, -0.1) is 0 Å². The lowest BCUT2D eigenvalue weighted by molar-refractivity contribution is 0.542.